The Morgan fingerprint density at radius 1 is 1.20 bits per heavy atom. The van der Waals surface area contributed by atoms with E-state index >= 15 is 0 Å². The summed E-state index contributed by atoms with van der Waals surface area (Å²) in [5, 5.41) is 2.68. The highest BCUT2D eigenvalue weighted by molar-refractivity contribution is 5.67. The van der Waals surface area contributed by atoms with Crippen LogP contribution >= 0.6 is 0 Å². The zero-order chi connectivity index (χ0) is 11.3. The molecule has 1 rings (SSSR count). The lowest BCUT2D eigenvalue weighted by molar-refractivity contribution is 0.105. The summed E-state index contributed by atoms with van der Waals surface area (Å²) >= 11 is 0. The summed E-state index contributed by atoms with van der Waals surface area (Å²) in [4.78, 5) is 11.3. The zero-order valence-corrected chi connectivity index (χ0v) is 9.36. The Balaban J connectivity index is 2.49. The molecule has 0 aliphatic carbocycles. The van der Waals surface area contributed by atoms with E-state index < -0.39 is 0 Å². The summed E-state index contributed by atoms with van der Waals surface area (Å²) in [7, 11) is 0. The average Bonchev–Trinajstić information content (AvgIpc) is 2.17. The van der Waals surface area contributed by atoms with Crippen LogP contribution in [0.4, 0.5) is 4.79 Å². The van der Waals surface area contributed by atoms with Crippen molar-refractivity contribution < 1.29 is 9.53 Å². The quantitative estimate of drug-likeness (QED) is 0.827. The molecule has 0 spiro atoms. The van der Waals surface area contributed by atoms with Crippen LogP contribution in [0.1, 0.15) is 32.4 Å². The molecule has 82 valence electrons. The van der Waals surface area contributed by atoms with Crippen LogP contribution < -0.4 is 5.32 Å². The number of amides is 1. The second kappa shape index (κ2) is 5.39. The highest BCUT2D eigenvalue weighted by Crippen LogP contribution is 2.15. The van der Waals surface area contributed by atoms with Gasteiger partial charge in [0.1, 0.15) is 6.10 Å². The zero-order valence-electron chi connectivity index (χ0n) is 9.36. The van der Waals surface area contributed by atoms with E-state index in [4.69, 9.17) is 4.74 Å². The van der Waals surface area contributed by atoms with Gasteiger partial charge in [-0.1, -0.05) is 30.3 Å². The van der Waals surface area contributed by atoms with E-state index in [1.54, 1.807) is 0 Å². The Hall–Kier alpha value is -1.51. The molecule has 0 saturated heterocycles. The maximum absolute atomic E-state index is 11.3. The first-order chi connectivity index (χ1) is 7.09. The molecule has 0 bridgehead atoms. The normalized spacial score (nSPS) is 12.3. The number of carbonyl (C=O) groups excluding carboxylic acids is 1. The minimum absolute atomic E-state index is 0.0977. The van der Waals surface area contributed by atoms with E-state index in [2.05, 4.69) is 5.32 Å². The monoisotopic (exact) mass is 207 g/mol. The van der Waals surface area contributed by atoms with E-state index in [9.17, 15) is 4.79 Å². The van der Waals surface area contributed by atoms with Crippen molar-refractivity contribution in [3.63, 3.8) is 0 Å². The van der Waals surface area contributed by atoms with Gasteiger partial charge < -0.3 is 10.1 Å². The number of benzene rings is 1. The van der Waals surface area contributed by atoms with E-state index in [1.165, 1.54) is 0 Å². The van der Waals surface area contributed by atoms with Crippen LogP contribution in [0.15, 0.2) is 30.3 Å². The topological polar surface area (TPSA) is 38.3 Å². The van der Waals surface area contributed by atoms with Crippen LogP contribution in [0.25, 0.3) is 0 Å². The molecule has 1 N–H and O–H groups in total. The molecule has 1 atom stereocenters. The highest BCUT2D eigenvalue weighted by atomic mass is 16.6. The molecule has 0 saturated carbocycles. The fraction of sp³-hybridized carbons (Fsp3) is 0.417. The highest BCUT2D eigenvalue weighted by Gasteiger charge is 2.11. The molecule has 1 amide bonds. The van der Waals surface area contributed by atoms with Crippen molar-refractivity contribution in [2.45, 2.75) is 32.9 Å². The van der Waals surface area contributed by atoms with Gasteiger partial charge in [0.25, 0.3) is 0 Å². The SMILES string of the molecule is CC(C)NC(=O)O[C@H](C)c1ccccc1. The van der Waals surface area contributed by atoms with E-state index in [0.717, 1.165) is 5.56 Å². The number of hydrogen-bond donors (Lipinski definition) is 1. The summed E-state index contributed by atoms with van der Waals surface area (Å²) in [6.45, 7) is 5.65. The summed E-state index contributed by atoms with van der Waals surface area (Å²) in [5.41, 5.74) is 0.997. The third-order valence-corrected chi connectivity index (χ3v) is 1.96. The second-order valence-electron chi connectivity index (χ2n) is 3.76. The summed E-state index contributed by atoms with van der Waals surface area (Å²) < 4.78 is 5.20. The molecule has 0 aromatic heterocycles. The first-order valence-electron chi connectivity index (χ1n) is 5.11. The molecule has 0 fully saturated rings. The minimum Gasteiger partial charge on any atom is -0.442 e. The molecule has 3 nitrogen and oxygen atoms in total. The van der Waals surface area contributed by atoms with Gasteiger partial charge in [0.2, 0.25) is 0 Å². The van der Waals surface area contributed by atoms with Crippen molar-refractivity contribution in [1.82, 2.24) is 5.32 Å². The molecule has 1 aromatic carbocycles. The standard InChI is InChI=1S/C12H17NO2/c1-9(2)13-12(14)15-10(3)11-7-5-4-6-8-11/h4-10H,1-3H3,(H,13,14)/t10-/m1/s1. The van der Waals surface area contributed by atoms with Gasteiger partial charge >= 0.3 is 6.09 Å². The van der Waals surface area contributed by atoms with E-state index in [1.807, 2.05) is 51.1 Å². The van der Waals surface area contributed by atoms with Crippen LogP contribution in [0.3, 0.4) is 0 Å². The number of nitrogens with one attached hydrogen (secondary N) is 1. The fourth-order valence-electron chi connectivity index (χ4n) is 1.22. The molecular weight excluding hydrogens is 190 g/mol. The van der Waals surface area contributed by atoms with Crippen LogP contribution in [0.2, 0.25) is 0 Å². The maximum atomic E-state index is 11.3. The number of alkyl carbamates (subject to hydrolysis) is 1. The molecule has 0 unspecified atom stereocenters. The van der Waals surface area contributed by atoms with Crippen molar-refractivity contribution in [3.8, 4) is 0 Å². The Morgan fingerprint density at radius 3 is 2.33 bits per heavy atom. The third kappa shape index (κ3) is 4.02. The summed E-state index contributed by atoms with van der Waals surface area (Å²) in [6.07, 6.45) is -0.591. The number of carbonyl (C=O) groups is 1. The molecule has 1 aromatic rings. The van der Waals surface area contributed by atoms with Gasteiger partial charge in [-0.15, -0.1) is 0 Å². The Bertz CT molecular complexity index is 309. The van der Waals surface area contributed by atoms with Crippen LogP contribution in [-0.4, -0.2) is 12.1 Å². The number of ether oxygens (including phenoxy) is 1. The third-order valence-electron chi connectivity index (χ3n) is 1.96. The molecule has 0 aliphatic rings. The second-order valence-corrected chi connectivity index (χ2v) is 3.76. The van der Waals surface area contributed by atoms with Crippen molar-refractivity contribution in [3.05, 3.63) is 35.9 Å². The van der Waals surface area contributed by atoms with Gasteiger partial charge in [-0.25, -0.2) is 4.79 Å². The first-order valence-corrected chi connectivity index (χ1v) is 5.11. The predicted molar refractivity (Wildman–Crippen MR) is 59.6 cm³/mol. The van der Waals surface area contributed by atoms with Gasteiger partial charge in [-0.3, -0.25) is 0 Å². The van der Waals surface area contributed by atoms with Crippen LogP contribution in [0.5, 0.6) is 0 Å². The van der Waals surface area contributed by atoms with Gasteiger partial charge in [-0.2, -0.15) is 0 Å². The Labute approximate surface area is 90.4 Å². The molecular formula is C12H17NO2. The number of rotatable bonds is 3. The summed E-state index contributed by atoms with van der Waals surface area (Å²) in [6, 6.07) is 9.76. The van der Waals surface area contributed by atoms with Gasteiger partial charge in [0.15, 0.2) is 0 Å². The molecule has 15 heavy (non-hydrogen) atoms. The smallest absolute Gasteiger partial charge is 0.407 e. The van der Waals surface area contributed by atoms with Crippen molar-refractivity contribution >= 4 is 6.09 Å². The van der Waals surface area contributed by atoms with Crippen LogP contribution in [0, 0.1) is 0 Å². The lowest BCUT2D eigenvalue weighted by Gasteiger charge is -2.15. The Kier molecular flexibility index (Phi) is 4.16. The van der Waals surface area contributed by atoms with E-state index in [-0.39, 0.29) is 18.2 Å². The average molecular weight is 207 g/mol. The lowest BCUT2D eigenvalue weighted by Crippen LogP contribution is -2.31. The largest absolute Gasteiger partial charge is 0.442 e. The summed E-state index contributed by atoms with van der Waals surface area (Å²) in [5.74, 6) is 0. The fourth-order valence-corrected chi connectivity index (χ4v) is 1.22. The van der Waals surface area contributed by atoms with Crippen molar-refractivity contribution in [2.75, 3.05) is 0 Å². The molecule has 3 heteroatoms. The van der Waals surface area contributed by atoms with Crippen molar-refractivity contribution in [1.29, 1.82) is 0 Å². The molecule has 0 aliphatic heterocycles. The lowest BCUT2D eigenvalue weighted by atomic mass is 10.1. The van der Waals surface area contributed by atoms with E-state index in [0.29, 0.717) is 0 Å². The van der Waals surface area contributed by atoms with Gasteiger partial charge in [0, 0.05) is 6.04 Å². The van der Waals surface area contributed by atoms with Gasteiger partial charge in [-0.05, 0) is 26.3 Å². The maximum Gasteiger partial charge on any atom is 0.407 e. The first kappa shape index (κ1) is 11.6. The molecule has 0 heterocycles. The van der Waals surface area contributed by atoms with Crippen LogP contribution in [-0.2, 0) is 4.74 Å². The van der Waals surface area contributed by atoms with Gasteiger partial charge in [0.05, 0.1) is 0 Å². The number of hydrogen-bond acceptors (Lipinski definition) is 2. The minimum atomic E-state index is -0.374. The predicted octanol–water partition coefficient (Wildman–Crippen LogP) is 2.88. The Morgan fingerprint density at radius 2 is 1.80 bits per heavy atom. The van der Waals surface area contributed by atoms with Crippen molar-refractivity contribution in [2.24, 2.45) is 0 Å². The molecule has 0 radical (unpaired) electrons.